The molecule has 0 spiro atoms. The molecule has 0 heterocycles. The summed E-state index contributed by atoms with van der Waals surface area (Å²) < 4.78 is 5.20. The fraction of sp³-hybridized carbons (Fsp3) is 0.462. The molecule has 0 saturated carbocycles. The molecule has 3 heteroatoms. The van der Waals surface area contributed by atoms with Crippen molar-refractivity contribution in [2.75, 3.05) is 7.11 Å². The van der Waals surface area contributed by atoms with E-state index in [-0.39, 0.29) is 5.92 Å². The van der Waals surface area contributed by atoms with Crippen LogP contribution < -0.4 is 4.74 Å². The summed E-state index contributed by atoms with van der Waals surface area (Å²) in [7, 11) is 1.59. The number of hydrogen-bond acceptors (Lipinski definition) is 2. The molecular formula is C13H18O3. The van der Waals surface area contributed by atoms with Gasteiger partial charge in [-0.05, 0) is 30.0 Å². The Morgan fingerprint density at radius 1 is 1.38 bits per heavy atom. The highest BCUT2D eigenvalue weighted by molar-refractivity contribution is 5.76. The van der Waals surface area contributed by atoms with Crippen LogP contribution in [0.4, 0.5) is 0 Å². The lowest BCUT2D eigenvalue weighted by Crippen LogP contribution is -2.17. The Balaban J connectivity index is 3.15. The molecule has 1 aromatic rings. The molecule has 88 valence electrons. The molecule has 1 N–H and O–H groups in total. The summed E-state index contributed by atoms with van der Waals surface area (Å²) in [6.07, 6.45) is 0. The Kier molecular flexibility index (Phi) is 3.93. The molecule has 3 nitrogen and oxygen atoms in total. The Labute approximate surface area is 96.1 Å². The van der Waals surface area contributed by atoms with Crippen LogP contribution in [0.2, 0.25) is 0 Å². The number of aryl methyl sites for hydroxylation is 1. The fourth-order valence-corrected chi connectivity index (χ4v) is 1.84. The molecule has 0 aliphatic rings. The van der Waals surface area contributed by atoms with Crippen LogP contribution in [0.25, 0.3) is 0 Å². The highest BCUT2D eigenvalue weighted by atomic mass is 16.5. The number of carboxylic acid groups (broad SMARTS) is 1. The predicted octanol–water partition coefficient (Wildman–Crippen LogP) is 2.83. The van der Waals surface area contributed by atoms with E-state index in [1.54, 1.807) is 7.11 Å². The largest absolute Gasteiger partial charge is 0.496 e. The summed E-state index contributed by atoms with van der Waals surface area (Å²) in [6, 6.07) is 5.57. The highest BCUT2D eigenvalue weighted by Crippen LogP contribution is 2.29. The van der Waals surface area contributed by atoms with E-state index in [2.05, 4.69) is 0 Å². The molecule has 1 rings (SSSR count). The third-order valence-corrected chi connectivity index (χ3v) is 2.72. The third-order valence-electron chi connectivity index (χ3n) is 2.72. The van der Waals surface area contributed by atoms with Gasteiger partial charge in [0.1, 0.15) is 5.75 Å². The van der Waals surface area contributed by atoms with Crippen molar-refractivity contribution in [2.24, 2.45) is 5.92 Å². The number of carboxylic acids is 1. The first-order valence-corrected chi connectivity index (χ1v) is 5.34. The lowest BCUT2D eigenvalue weighted by atomic mass is 9.88. The van der Waals surface area contributed by atoms with Gasteiger partial charge in [-0.15, -0.1) is 0 Å². The van der Waals surface area contributed by atoms with Gasteiger partial charge in [0.25, 0.3) is 0 Å². The van der Waals surface area contributed by atoms with Crippen LogP contribution in [0.15, 0.2) is 18.2 Å². The topological polar surface area (TPSA) is 46.5 Å². The van der Waals surface area contributed by atoms with Crippen molar-refractivity contribution in [3.8, 4) is 5.75 Å². The number of benzene rings is 1. The molecule has 0 bridgehead atoms. The van der Waals surface area contributed by atoms with Crippen molar-refractivity contribution in [1.82, 2.24) is 0 Å². The average Bonchev–Trinajstić information content (AvgIpc) is 2.19. The molecule has 0 aromatic heterocycles. The zero-order valence-corrected chi connectivity index (χ0v) is 10.2. The maximum atomic E-state index is 11.2. The van der Waals surface area contributed by atoms with Gasteiger partial charge in [-0.3, -0.25) is 4.79 Å². The summed E-state index contributed by atoms with van der Waals surface area (Å²) in [6.45, 7) is 5.75. The second-order valence-electron chi connectivity index (χ2n) is 4.29. The molecule has 0 saturated heterocycles. The van der Waals surface area contributed by atoms with Gasteiger partial charge in [-0.2, -0.15) is 0 Å². The summed E-state index contributed by atoms with van der Waals surface area (Å²) in [5.74, 6) is -0.468. The Hall–Kier alpha value is -1.51. The van der Waals surface area contributed by atoms with Crippen molar-refractivity contribution in [2.45, 2.75) is 26.7 Å². The van der Waals surface area contributed by atoms with Gasteiger partial charge in [-0.1, -0.05) is 26.0 Å². The molecular weight excluding hydrogens is 204 g/mol. The van der Waals surface area contributed by atoms with Gasteiger partial charge in [0.2, 0.25) is 0 Å². The van der Waals surface area contributed by atoms with Crippen LogP contribution in [0.5, 0.6) is 5.75 Å². The fourth-order valence-electron chi connectivity index (χ4n) is 1.84. The second kappa shape index (κ2) is 5.01. The Morgan fingerprint density at radius 2 is 2.00 bits per heavy atom. The molecule has 1 atom stereocenters. The van der Waals surface area contributed by atoms with E-state index < -0.39 is 11.9 Å². The zero-order valence-electron chi connectivity index (χ0n) is 10.2. The van der Waals surface area contributed by atoms with E-state index in [1.807, 2.05) is 39.0 Å². The Morgan fingerprint density at radius 3 is 2.44 bits per heavy atom. The standard InChI is InChI=1S/C13H18O3/c1-8(2)12(13(14)15)10-6-5-9(3)11(7-10)16-4/h5-8,12H,1-4H3,(H,14,15). The van der Waals surface area contributed by atoms with Crippen LogP contribution in [0.1, 0.15) is 30.9 Å². The van der Waals surface area contributed by atoms with E-state index in [4.69, 9.17) is 4.74 Å². The summed E-state index contributed by atoms with van der Waals surface area (Å²) in [4.78, 5) is 11.2. The normalized spacial score (nSPS) is 12.6. The van der Waals surface area contributed by atoms with Crippen LogP contribution >= 0.6 is 0 Å². The van der Waals surface area contributed by atoms with Crippen LogP contribution in [-0.2, 0) is 4.79 Å². The predicted molar refractivity (Wildman–Crippen MR) is 62.9 cm³/mol. The molecule has 16 heavy (non-hydrogen) atoms. The smallest absolute Gasteiger partial charge is 0.311 e. The van der Waals surface area contributed by atoms with E-state index in [1.165, 1.54) is 0 Å². The molecule has 1 unspecified atom stereocenters. The van der Waals surface area contributed by atoms with E-state index in [9.17, 15) is 9.90 Å². The van der Waals surface area contributed by atoms with Gasteiger partial charge < -0.3 is 9.84 Å². The molecule has 0 fully saturated rings. The highest BCUT2D eigenvalue weighted by Gasteiger charge is 2.24. The third kappa shape index (κ3) is 2.54. The maximum absolute atomic E-state index is 11.2. The van der Waals surface area contributed by atoms with Crippen LogP contribution in [0, 0.1) is 12.8 Å². The molecule has 0 aliphatic heterocycles. The van der Waals surface area contributed by atoms with Crippen molar-refractivity contribution in [3.63, 3.8) is 0 Å². The lowest BCUT2D eigenvalue weighted by Gasteiger charge is -2.18. The first kappa shape index (κ1) is 12.6. The second-order valence-corrected chi connectivity index (χ2v) is 4.29. The molecule has 1 aromatic carbocycles. The first-order chi connectivity index (χ1) is 7.47. The lowest BCUT2D eigenvalue weighted by molar-refractivity contribution is -0.139. The summed E-state index contributed by atoms with van der Waals surface area (Å²) in [5.41, 5.74) is 1.81. The minimum absolute atomic E-state index is 0.0601. The van der Waals surface area contributed by atoms with Crippen molar-refractivity contribution in [1.29, 1.82) is 0 Å². The molecule has 0 aliphatic carbocycles. The summed E-state index contributed by atoms with van der Waals surface area (Å²) >= 11 is 0. The number of rotatable bonds is 4. The van der Waals surface area contributed by atoms with Crippen molar-refractivity contribution >= 4 is 5.97 Å². The molecule has 0 amide bonds. The number of methoxy groups -OCH3 is 1. The number of ether oxygens (including phenoxy) is 1. The maximum Gasteiger partial charge on any atom is 0.311 e. The number of hydrogen-bond donors (Lipinski definition) is 1. The van der Waals surface area contributed by atoms with Gasteiger partial charge in [0, 0.05) is 0 Å². The minimum Gasteiger partial charge on any atom is -0.496 e. The molecule has 0 radical (unpaired) electrons. The minimum atomic E-state index is -0.791. The first-order valence-electron chi connectivity index (χ1n) is 5.34. The van der Waals surface area contributed by atoms with Crippen molar-refractivity contribution < 1.29 is 14.6 Å². The van der Waals surface area contributed by atoms with E-state index in [0.29, 0.717) is 0 Å². The van der Waals surface area contributed by atoms with E-state index in [0.717, 1.165) is 16.9 Å². The average molecular weight is 222 g/mol. The van der Waals surface area contributed by atoms with Crippen molar-refractivity contribution in [3.05, 3.63) is 29.3 Å². The summed E-state index contributed by atoms with van der Waals surface area (Å²) in [5, 5.41) is 9.19. The van der Waals surface area contributed by atoms with Crippen LogP contribution in [-0.4, -0.2) is 18.2 Å². The van der Waals surface area contributed by atoms with Crippen LogP contribution in [0.3, 0.4) is 0 Å². The number of carbonyl (C=O) groups is 1. The van der Waals surface area contributed by atoms with Gasteiger partial charge in [-0.25, -0.2) is 0 Å². The Bertz CT molecular complexity index is 383. The zero-order chi connectivity index (χ0) is 12.3. The van der Waals surface area contributed by atoms with E-state index >= 15 is 0 Å². The SMILES string of the molecule is COc1cc(C(C(=O)O)C(C)C)ccc1C. The monoisotopic (exact) mass is 222 g/mol. The number of aliphatic carboxylic acids is 1. The van der Waals surface area contributed by atoms with Gasteiger partial charge in [0.05, 0.1) is 13.0 Å². The van der Waals surface area contributed by atoms with Gasteiger partial charge in [0.15, 0.2) is 0 Å². The quantitative estimate of drug-likeness (QED) is 0.852. The van der Waals surface area contributed by atoms with Gasteiger partial charge >= 0.3 is 5.97 Å².